The molecule has 23 nitrogen and oxygen atoms in total. The Bertz CT molecular complexity index is 3090. The fourth-order valence-electron chi connectivity index (χ4n) is 5.74. The Balaban J connectivity index is 1.15. The van der Waals surface area contributed by atoms with Crippen LogP contribution in [-0.2, 0) is 39.0 Å². The lowest BCUT2D eigenvalue weighted by Crippen LogP contribution is -1.99. The van der Waals surface area contributed by atoms with Crippen LogP contribution in [0.25, 0.3) is 32.9 Å². The molecule has 6 aromatic carbocycles. The molecule has 7 aromatic rings. The van der Waals surface area contributed by atoms with Crippen LogP contribution in [0.5, 0.6) is 23.0 Å². The highest BCUT2D eigenvalue weighted by molar-refractivity contribution is 7.95. The molecule has 7 rings (SSSR count). The molecule has 0 aliphatic rings. The first-order valence-electron chi connectivity index (χ1n) is 16.5. The molecular formula is C34H26N6O17S4. The molecule has 61 heavy (non-hydrogen) atoms. The third kappa shape index (κ3) is 9.17. The second kappa shape index (κ2) is 17.5. The fraction of sp³-hybridized carbons (Fsp3) is 0.0588. The van der Waals surface area contributed by atoms with Gasteiger partial charge in [-0.15, -0.1) is 29.1 Å². The van der Waals surface area contributed by atoms with Crippen LogP contribution in [0.1, 0.15) is 0 Å². The Hall–Kier alpha value is -6.08. The highest BCUT2D eigenvalue weighted by Gasteiger charge is 2.24. The van der Waals surface area contributed by atoms with Gasteiger partial charge in [0.2, 0.25) is 0 Å². The molecule has 318 valence electrons. The van der Waals surface area contributed by atoms with Crippen molar-refractivity contribution in [3.8, 4) is 34.4 Å². The van der Waals surface area contributed by atoms with Crippen molar-refractivity contribution in [3.63, 3.8) is 0 Å². The minimum absolute atomic E-state index is 0.0356. The summed E-state index contributed by atoms with van der Waals surface area (Å²) in [5, 5.41) is 63.5. The number of azo groups is 2. The number of phenolic OH excluding ortho intramolecular Hbond substituents is 2. The molecule has 0 atom stereocenters. The lowest BCUT2D eigenvalue weighted by molar-refractivity contribution is -0.432. The first-order chi connectivity index (χ1) is 29.1. The van der Waals surface area contributed by atoms with Gasteiger partial charge in [0.25, 0.3) is 20.2 Å². The zero-order chi connectivity index (χ0) is 43.6. The molecule has 0 saturated heterocycles. The molecule has 0 bridgehead atoms. The first kappa shape index (κ1) is 43.0. The number of hydrogen-bond donors (Lipinski definition) is 6. The number of hydrogen-bond acceptors (Lipinski definition) is 21. The van der Waals surface area contributed by atoms with Crippen LogP contribution in [0.2, 0.25) is 0 Å². The van der Waals surface area contributed by atoms with E-state index in [0.29, 0.717) is 40.4 Å². The standard InChI is InChI=1S/C34H26N6O17S4/c1-51-27-15-19(3-9-25(27)35-37-31-29(59-57-55-44)13-18-12-22(60(45,46)47)6-8-24(18)33(31)41)39-40(53-39)20-4-10-26(28(16-20)52-2)36-38-32-30(61(48,49)50)14-17-11-21(58-56-54-43)5-7-23(17)34(32)42/h3-16,41-44H,1-2H3,(H,45,46,47)(H,48,49,50). The van der Waals surface area contributed by atoms with E-state index in [9.17, 15) is 36.2 Å². The predicted molar refractivity (Wildman–Crippen MR) is 211 cm³/mol. The molecule has 1 heterocycles. The zero-order valence-corrected chi connectivity index (χ0v) is 33.8. The number of rotatable bonds is 16. The van der Waals surface area contributed by atoms with Crippen LogP contribution in [0.15, 0.2) is 130 Å². The van der Waals surface area contributed by atoms with Gasteiger partial charge in [0, 0.05) is 27.8 Å². The minimum Gasteiger partial charge on any atom is -0.505 e. The summed E-state index contributed by atoms with van der Waals surface area (Å²) < 4.78 is 93.0. The van der Waals surface area contributed by atoms with Crippen LogP contribution in [0.4, 0.5) is 22.7 Å². The number of phenols is 2. The maximum absolute atomic E-state index is 12.3. The van der Waals surface area contributed by atoms with Crippen LogP contribution in [-0.4, -0.2) is 70.6 Å². The number of aromatic hydroxyl groups is 2. The lowest BCUT2D eigenvalue weighted by Gasteiger charge is -2.10. The van der Waals surface area contributed by atoms with Crippen molar-refractivity contribution in [2.45, 2.75) is 19.6 Å². The van der Waals surface area contributed by atoms with Gasteiger partial charge in [-0.05, 0) is 83.6 Å². The quantitative estimate of drug-likeness (QED) is 0.0173. The van der Waals surface area contributed by atoms with Gasteiger partial charge in [0.05, 0.1) is 48.1 Å². The summed E-state index contributed by atoms with van der Waals surface area (Å²) in [4.78, 5) is 1.95. The number of nitrogens with zero attached hydrogens (tertiary/aromatic N) is 6. The smallest absolute Gasteiger partial charge is 0.296 e. The van der Waals surface area contributed by atoms with Crippen LogP contribution < -0.4 is 9.47 Å². The van der Waals surface area contributed by atoms with E-state index in [2.05, 4.69) is 39.2 Å². The van der Waals surface area contributed by atoms with Crippen molar-refractivity contribution < 1.29 is 79.5 Å². The van der Waals surface area contributed by atoms with Crippen molar-refractivity contribution in [1.29, 1.82) is 0 Å². The van der Waals surface area contributed by atoms with Crippen molar-refractivity contribution >= 4 is 88.6 Å². The van der Waals surface area contributed by atoms with Crippen molar-refractivity contribution in [1.82, 2.24) is 9.71 Å². The van der Waals surface area contributed by atoms with E-state index in [4.69, 9.17) is 24.6 Å². The van der Waals surface area contributed by atoms with E-state index in [1.807, 2.05) is 0 Å². The van der Waals surface area contributed by atoms with Gasteiger partial charge in [-0.25, -0.2) is 15.1 Å². The molecule has 6 N–H and O–H groups in total. The van der Waals surface area contributed by atoms with Gasteiger partial charge in [0.1, 0.15) is 50.5 Å². The molecule has 0 amide bonds. The summed E-state index contributed by atoms with van der Waals surface area (Å²) in [5.41, 5.74) is 0.474. The van der Waals surface area contributed by atoms with Crippen molar-refractivity contribution in [2.24, 2.45) is 20.5 Å². The summed E-state index contributed by atoms with van der Waals surface area (Å²) in [6.07, 6.45) is 0. The Labute approximate surface area is 350 Å². The van der Waals surface area contributed by atoms with Gasteiger partial charge in [-0.1, -0.05) is 19.8 Å². The normalized spacial score (nSPS) is 12.4. The molecule has 0 aliphatic carbocycles. The molecule has 27 heteroatoms. The van der Waals surface area contributed by atoms with E-state index in [1.54, 1.807) is 18.2 Å². The number of methoxy groups -OCH3 is 2. The largest absolute Gasteiger partial charge is 0.505 e. The zero-order valence-electron chi connectivity index (χ0n) is 30.6. The monoisotopic (exact) mass is 918 g/mol. The SMILES string of the molecule is COc1cc(-n2on2-c2ccc(N=Nc3c(S(=O)(=O)O)cc4cc(SOOO)ccc4c3O)c(OC)c2)ccc1N=Nc1c(SOOO)cc2cc(S(=O)(=O)O)ccc2c1O. The number of fused-ring (bicyclic) bond motifs is 2. The highest BCUT2D eigenvalue weighted by Crippen LogP contribution is 2.46. The van der Waals surface area contributed by atoms with E-state index in [0.717, 1.165) is 18.2 Å². The van der Waals surface area contributed by atoms with E-state index >= 15 is 0 Å². The van der Waals surface area contributed by atoms with Crippen molar-refractivity contribution in [2.75, 3.05) is 14.2 Å². The molecular weight excluding hydrogens is 893 g/mol. The molecule has 1 aromatic heterocycles. The first-order valence-corrected chi connectivity index (χ1v) is 20.8. The average molecular weight is 919 g/mol. The molecule has 0 aliphatic heterocycles. The number of ether oxygens (including phenoxy) is 2. The van der Waals surface area contributed by atoms with Gasteiger partial charge in [-0.2, -0.15) is 16.8 Å². The summed E-state index contributed by atoms with van der Waals surface area (Å²) in [6.45, 7) is 0. The van der Waals surface area contributed by atoms with Gasteiger partial charge >= 0.3 is 0 Å². The fourth-order valence-corrected chi connectivity index (χ4v) is 7.81. The molecule has 0 saturated carbocycles. The lowest BCUT2D eigenvalue weighted by atomic mass is 10.1. The molecule has 0 fully saturated rings. The second-order valence-corrected chi connectivity index (χ2v) is 16.4. The van der Waals surface area contributed by atoms with Crippen LogP contribution in [0, 0.1) is 0 Å². The minimum atomic E-state index is -4.93. The van der Waals surface area contributed by atoms with Crippen LogP contribution in [0.3, 0.4) is 0 Å². The maximum Gasteiger partial charge on any atom is 0.296 e. The topological polar surface area (TPSA) is 317 Å². The summed E-state index contributed by atoms with van der Waals surface area (Å²) in [6, 6.07) is 19.5. The molecule has 0 radical (unpaired) electrons. The Morgan fingerprint density at radius 2 is 1.15 bits per heavy atom. The molecule has 0 unspecified atom stereocenters. The number of benzene rings is 6. The van der Waals surface area contributed by atoms with E-state index in [-0.39, 0.29) is 55.0 Å². The summed E-state index contributed by atoms with van der Waals surface area (Å²) >= 11 is 1.02. The Morgan fingerprint density at radius 1 is 0.607 bits per heavy atom. The summed E-state index contributed by atoms with van der Waals surface area (Å²) in [5.74, 6) is -0.687. The van der Waals surface area contributed by atoms with Gasteiger partial charge < -0.3 is 19.7 Å². The molecule has 0 spiro atoms. The van der Waals surface area contributed by atoms with Gasteiger partial charge in [0.15, 0.2) is 11.5 Å². The Kier molecular flexibility index (Phi) is 12.3. The Morgan fingerprint density at radius 3 is 1.70 bits per heavy atom. The van der Waals surface area contributed by atoms with Crippen LogP contribution >= 0.6 is 24.1 Å². The number of aromatic nitrogens is 2. The predicted octanol–water partition coefficient (Wildman–Crippen LogP) is 8.78. The average Bonchev–Trinajstić information content (AvgIpc) is 4.04. The summed E-state index contributed by atoms with van der Waals surface area (Å²) in [7, 11) is -6.76. The highest BCUT2D eigenvalue weighted by atomic mass is 32.2. The van der Waals surface area contributed by atoms with E-state index in [1.165, 1.54) is 72.5 Å². The second-order valence-electron chi connectivity index (χ2n) is 12.1. The maximum atomic E-state index is 12.3. The van der Waals surface area contributed by atoms with Crippen molar-refractivity contribution in [3.05, 3.63) is 84.9 Å². The third-order valence-corrected chi connectivity index (χ3v) is 11.4. The van der Waals surface area contributed by atoms with Gasteiger partial charge in [-0.3, -0.25) is 9.11 Å². The van der Waals surface area contributed by atoms with E-state index < -0.39 is 47.2 Å². The third-order valence-electron chi connectivity index (χ3n) is 8.51.